The monoisotopic (exact) mass is 384 g/mol. The van der Waals surface area contributed by atoms with Crippen LogP contribution in [0.3, 0.4) is 0 Å². The van der Waals surface area contributed by atoms with Crippen LogP contribution in [0.25, 0.3) is 0 Å². The van der Waals surface area contributed by atoms with Crippen LogP contribution in [0.4, 0.5) is 5.69 Å². The lowest BCUT2D eigenvalue weighted by molar-refractivity contribution is -0.124. The average molecular weight is 384 g/mol. The van der Waals surface area contributed by atoms with Crippen LogP contribution >= 0.6 is 0 Å². The van der Waals surface area contributed by atoms with Crippen molar-refractivity contribution in [2.45, 2.75) is 31.9 Å². The van der Waals surface area contributed by atoms with Gasteiger partial charge in [-0.1, -0.05) is 18.2 Å². The van der Waals surface area contributed by atoms with E-state index in [1.54, 1.807) is 32.1 Å². The summed E-state index contributed by atoms with van der Waals surface area (Å²) in [5, 5.41) is 3.46. The highest BCUT2D eigenvalue weighted by Gasteiger charge is 2.29. The summed E-state index contributed by atoms with van der Waals surface area (Å²) >= 11 is 0. The molecule has 1 heterocycles. The lowest BCUT2D eigenvalue weighted by Crippen LogP contribution is -2.46. The summed E-state index contributed by atoms with van der Waals surface area (Å²) < 4.78 is 16.7. The van der Waals surface area contributed by atoms with Crippen molar-refractivity contribution >= 4 is 11.6 Å². The summed E-state index contributed by atoms with van der Waals surface area (Å²) in [5.41, 5.74) is 0.713. The minimum Gasteiger partial charge on any atom is -0.497 e. The molecular formula is C22H28N2O4. The third kappa shape index (κ3) is 4.75. The SMILES string of the molecule is COc1ccc(N(C[C@H]2CCCN2)C(=O)C(C)Oc2ccccc2)c(OC)c1. The van der Waals surface area contributed by atoms with Gasteiger partial charge < -0.3 is 24.4 Å². The molecule has 1 saturated heterocycles. The van der Waals surface area contributed by atoms with Crippen molar-refractivity contribution in [2.24, 2.45) is 0 Å². The fraction of sp³-hybridized carbons (Fsp3) is 0.409. The van der Waals surface area contributed by atoms with Crippen LogP contribution in [0, 0.1) is 0 Å². The smallest absolute Gasteiger partial charge is 0.267 e. The highest BCUT2D eigenvalue weighted by atomic mass is 16.5. The molecule has 1 amide bonds. The lowest BCUT2D eigenvalue weighted by Gasteiger charge is -2.30. The van der Waals surface area contributed by atoms with Crippen LogP contribution < -0.4 is 24.4 Å². The molecule has 3 rings (SSSR count). The van der Waals surface area contributed by atoms with E-state index in [0.717, 1.165) is 19.4 Å². The Kier molecular flexibility index (Phi) is 6.76. The quantitative estimate of drug-likeness (QED) is 0.757. The van der Waals surface area contributed by atoms with E-state index in [0.29, 0.717) is 29.5 Å². The number of amides is 1. The van der Waals surface area contributed by atoms with E-state index in [1.165, 1.54) is 0 Å². The standard InChI is InChI=1S/C22H28N2O4/c1-16(28-18-9-5-4-6-10-18)22(25)24(15-17-8-7-13-23-17)20-12-11-19(26-2)14-21(20)27-3/h4-6,9-12,14,16-17,23H,7-8,13,15H2,1-3H3/t16?,17-/m1/s1. The Morgan fingerprint density at radius 3 is 2.57 bits per heavy atom. The minimum atomic E-state index is -0.629. The van der Waals surface area contributed by atoms with Gasteiger partial charge in [-0.3, -0.25) is 4.79 Å². The van der Waals surface area contributed by atoms with Crippen molar-refractivity contribution in [3.63, 3.8) is 0 Å². The Labute approximate surface area is 166 Å². The van der Waals surface area contributed by atoms with Gasteiger partial charge in [0.1, 0.15) is 17.2 Å². The molecule has 1 N–H and O–H groups in total. The first-order chi connectivity index (χ1) is 13.6. The second-order valence-corrected chi connectivity index (χ2v) is 6.85. The molecular weight excluding hydrogens is 356 g/mol. The van der Waals surface area contributed by atoms with Crippen molar-refractivity contribution in [1.82, 2.24) is 5.32 Å². The molecule has 1 aliphatic heterocycles. The number of ether oxygens (including phenoxy) is 3. The topological polar surface area (TPSA) is 60.0 Å². The Morgan fingerprint density at radius 1 is 1.14 bits per heavy atom. The maximum Gasteiger partial charge on any atom is 0.267 e. The molecule has 6 nitrogen and oxygen atoms in total. The summed E-state index contributed by atoms with van der Waals surface area (Å²) in [6, 6.07) is 15.1. The normalized spacial score (nSPS) is 17.0. The fourth-order valence-electron chi connectivity index (χ4n) is 3.42. The van der Waals surface area contributed by atoms with Crippen molar-refractivity contribution in [3.05, 3.63) is 48.5 Å². The second kappa shape index (κ2) is 9.46. The van der Waals surface area contributed by atoms with E-state index in [9.17, 15) is 4.79 Å². The molecule has 1 aliphatic rings. The van der Waals surface area contributed by atoms with E-state index >= 15 is 0 Å². The Morgan fingerprint density at radius 2 is 1.93 bits per heavy atom. The third-order valence-corrected chi connectivity index (χ3v) is 4.91. The number of carbonyl (C=O) groups is 1. The first-order valence-corrected chi connectivity index (χ1v) is 9.61. The first-order valence-electron chi connectivity index (χ1n) is 9.61. The van der Waals surface area contributed by atoms with Gasteiger partial charge in [0.25, 0.3) is 5.91 Å². The van der Waals surface area contributed by atoms with Crippen molar-refractivity contribution in [2.75, 3.05) is 32.2 Å². The summed E-state index contributed by atoms with van der Waals surface area (Å²) in [4.78, 5) is 15.1. The highest BCUT2D eigenvalue weighted by Crippen LogP contribution is 2.33. The minimum absolute atomic E-state index is 0.110. The van der Waals surface area contributed by atoms with Gasteiger partial charge in [-0.2, -0.15) is 0 Å². The molecule has 6 heteroatoms. The summed E-state index contributed by atoms with van der Waals surface area (Å²) in [5.74, 6) is 1.84. The number of carbonyl (C=O) groups excluding carboxylic acids is 1. The molecule has 2 aromatic carbocycles. The molecule has 2 aromatic rings. The van der Waals surface area contributed by atoms with Crippen LogP contribution in [0.1, 0.15) is 19.8 Å². The zero-order chi connectivity index (χ0) is 19.9. The van der Waals surface area contributed by atoms with Crippen LogP contribution in [-0.2, 0) is 4.79 Å². The molecule has 0 spiro atoms. The van der Waals surface area contributed by atoms with Gasteiger partial charge in [-0.25, -0.2) is 0 Å². The van der Waals surface area contributed by atoms with Gasteiger partial charge in [-0.15, -0.1) is 0 Å². The van der Waals surface area contributed by atoms with Crippen molar-refractivity contribution < 1.29 is 19.0 Å². The van der Waals surface area contributed by atoms with E-state index in [1.807, 2.05) is 42.5 Å². The largest absolute Gasteiger partial charge is 0.497 e. The molecule has 0 aromatic heterocycles. The predicted octanol–water partition coefficient (Wildman–Crippen LogP) is 3.26. The van der Waals surface area contributed by atoms with Crippen molar-refractivity contribution in [1.29, 1.82) is 0 Å². The van der Waals surface area contributed by atoms with Gasteiger partial charge in [0, 0.05) is 18.7 Å². The number of para-hydroxylation sites is 1. The summed E-state index contributed by atoms with van der Waals surface area (Å²) in [6.07, 6.45) is 1.52. The average Bonchev–Trinajstić information content (AvgIpc) is 3.25. The van der Waals surface area contributed by atoms with Gasteiger partial charge in [0.05, 0.1) is 19.9 Å². The summed E-state index contributed by atoms with van der Waals surface area (Å²) in [7, 11) is 3.20. The predicted molar refractivity (Wildman–Crippen MR) is 109 cm³/mol. The number of hydrogen-bond donors (Lipinski definition) is 1. The molecule has 0 aliphatic carbocycles. The Bertz CT molecular complexity index is 775. The van der Waals surface area contributed by atoms with E-state index in [2.05, 4.69) is 5.32 Å². The highest BCUT2D eigenvalue weighted by molar-refractivity contribution is 5.98. The van der Waals surface area contributed by atoms with Crippen LogP contribution in [0.2, 0.25) is 0 Å². The molecule has 1 fully saturated rings. The Balaban J connectivity index is 1.86. The maximum absolute atomic E-state index is 13.3. The Hall–Kier alpha value is -2.73. The molecule has 0 bridgehead atoms. The van der Waals surface area contributed by atoms with Crippen molar-refractivity contribution in [3.8, 4) is 17.2 Å². The molecule has 1 unspecified atom stereocenters. The molecule has 0 saturated carbocycles. The molecule has 150 valence electrons. The van der Waals surface area contributed by atoms with Gasteiger partial charge in [0.2, 0.25) is 0 Å². The van der Waals surface area contributed by atoms with Gasteiger partial charge >= 0.3 is 0 Å². The fourth-order valence-corrected chi connectivity index (χ4v) is 3.42. The number of nitrogens with zero attached hydrogens (tertiary/aromatic N) is 1. The van der Waals surface area contributed by atoms with E-state index in [4.69, 9.17) is 14.2 Å². The van der Waals surface area contributed by atoms with Gasteiger partial charge in [-0.05, 0) is 50.6 Å². The number of nitrogens with one attached hydrogen (secondary N) is 1. The number of methoxy groups -OCH3 is 2. The zero-order valence-corrected chi connectivity index (χ0v) is 16.7. The zero-order valence-electron chi connectivity index (χ0n) is 16.7. The van der Waals surface area contributed by atoms with E-state index in [-0.39, 0.29) is 11.9 Å². The van der Waals surface area contributed by atoms with Crippen LogP contribution in [0.15, 0.2) is 48.5 Å². The number of anilines is 1. The molecule has 28 heavy (non-hydrogen) atoms. The van der Waals surface area contributed by atoms with E-state index < -0.39 is 6.10 Å². The van der Waals surface area contributed by atoms with Crippen LogP contribution in [0.5, 0.6) is 17.2 Å². The van der Waals surface area contributed by atoms with Gasteiger partial charge in [0.15, 0.2) is 6.10 Å². The second-order valence-electron chi connectivity index (χ2n) is 6.85. The number of benzene rings is 2. The number of rotatable bonds is 8. The maximum atomic E-state index is 13.3. The van der Waals surface area contributed by atoms with Crippen LogP contribution in [-0.4, -0.2) is 45.4 Å². The molecule has 2 atom stereocenters. The number of hydrogen-bond acceptors (Lipinski definition) is 5. The molecule has 0 radical (unpaired) electrons. The summed E-state index contributed by atoms with van der Waals surface area (Å²) in [6.45, 7) is 3.31. The first kappa shape index (κ1) is 20.0. The third-order valence-electron chi connectivity index (χ3n) is 4.91. The lowest BCUT2D eigenvalue weighted by atomic mass is 10.1.